The van der Waals surface area contributed by atoms with E-state index in [0.717, 1.165) is 30.6 Å². The molecule has 1 aliphatic rings. The van der Waals surface area contributed by atoms with E-state index in [2.05, 4.69) is 30.3 Å². The van der Waals surface area contributed by atoms with Crippen LogP contribution in [0.1, 0.15) is 24.2 Å². The second kappa shape index (κ2) is 9.92. The highest BCUT2D eigenvalue weighted by atomic mass is 16.5. The van der Waals surface area contributed by atoms with Crippen LogP contribution < -0.4 is 5.32 Å². The van der Waals surface area contributed by atoms with Crippen molar-refractivity contribution in [2.75, 3.05) is 26.7 Å². The Kier molecular flexibility index (Phi) is 6.61. The van der Waals surface area contributed by atoms with Crippen LogP contribution in [0.5, 0.6) is 0 Å². The number of nitrogens with zero attached hydrogens (tertiary/aromatic N) is 7. The SMILES string of the molecule is C/C=C(\N=C(N(C)C=O)N1CCNC(c2ccc(-c3ncon3)cc2)C1)c1ccncn1. The van der Waals surface area contributed by atoms with Crippen molar-refractivity contribution < 1.29 is 9.32 Å². The van der Waals surface area contributed by atoms with Crippen LogP contribution >= 0.6 is 0 Å². The molecule has 1 unspecified atom stereocenters. The first-order valence-corrected chi connectivity index (χ1v) is 10.2. The summed E-state index contributed by atoms with van der Waals surface area (Å²) in [6.07, 6.45) is 7.11. The standard InChI is InChI=1S/C22H24N8O2/c1-3-18(19-8-9-23-13-25-19)27-22(29(2)15-31)30-11-10-24-20(12-30)16-4-6-17(7-5-16)21-26-14-32-28-21/h3-9,13-15,20,24H,10-12H2,1-2H3/b18-3-,27-22?. The third-order valence-electron chi connectivity index (χ3n) is 5.20. The van der Waals surface area contributed by atoms with Gasteiger partial charge in [-0.3, -0.25) is 9.69 Å². The Bertz CT molecular complexity index is 1080. The van der Waals surface area contributed by atoms with Gasteiger partial charge in [-0.15, -0.1) is 0 Å². The summed E-state index contributed by atoms with van der Waals surface area (Å²) in [6.45, 7) is 4.02. The second-order valence-electron chi connectivity index (χ2n) is 7.23. The van der Waals surface area contributed by atoms with Crippen LogP contribution in [0.2, 0.25) is 0 Å². The first-order chi connectivity index (χ1) is 15.7. The Morgan fingerprint density at radius 1 is 1.28 bits per heavy atom. The Balaban J connectivity index is 1.57. The van der Waals surface area contributed by atoms with E-state index in [0.29, 0.717) is 29.7 Å². The topological polar surface area (TPSA) is 113 Å². The maximum atomic E-state index is 11.6. The van der Waals surface area contributed by atoms with Gasteiger partial charge in [-0.2, -0.15) is 4.98 Å². The van der Waals surface area contributed by atoms with Gasteiger partial charge in [-0.05, 0) is 18.6 Å². The average molecular weight is 432 g/mol. The minimum atomic E-state index is 0.0708. The molecule has 1 N–H and O–H groups in total. The number of rotatable bonds is 5. The molecule has 1 aliphatic heterocycles. The molecule has 0 bridgehead atoms. The minimum Gasteiger partial charge on any atom is -0.342 e. The van der Waals surface area contributed by atoms with Gasteiger partial charge in [0.2, 0.25) is 24.6 Å². The highest BCUT2D eigenvalue weighted by Gasteiger charge is 2.25. The zero-order valence-electron chi connectivity index (χ0n) is 17.9. The summed E-state index contributed by atoms with van der Waals surface area (Å²) in [7, 11) is 1.70. The predicted molar refractivity (Wildman–Crippen MR) is 119 cm³/mol. The lowest BCUT2D eigenvalue weighted by atomic mass is 10.0. The molecule has 0 radical (unpaired) electrons. The number of hydrogen-bond donors (Lipinski definition) is 1. The van der Waals surface area contributed by atoms with Crippen molar-refractivity contribution in [1.82, 2.24) is 35.2 Å². The number of aliphatic imine (C=N–C) groups is 1. The molecule has 1 atom stereocenters. The molecule has 3 aromatic rings. The smallest absolute Gasteiger partial charge is 0.216 e. The fourth-order valence-electron chi connectivity index (χ4n) is 3.56. The van der Waals surface area contributed by atoms with E-state index in [9.17, 15) is 4.79 Å². The molecule has 4 rings (SSSR count). The maximum Gasteiger partial charge on any atom is 0.216 e. The quantitative estimate of drug-likeness (QED) is 0.370. The van der Waals surface area contributed by atoms with Crippen molar-refractivity contribution in [1.29, 1.82) is 0 Å². The second-order valence-corrected chi connectivity index (χ2v) is 7.23. The summed E-state index contributed by atoms with van der Waals surface area (Å²) < 4.78 is 4.82. The molecular formula is C22H24N8O2. The van der Waals surface area contributed by atoms with Crippen molar-refractivity contribution in [2.45, 2.75) is 13.0 Å². The lowest BCUT2D eigenvalue weighted by Crippen LogP contribution is -2.52. The summed E-state index contributed by atoms with van der Waals surface area (Å²) in [6, 6.07) is 9.90. The van der Waals surface area contributed by atoms with Crippen LogP contribution in [0.4, 0.5) is 0 Å². The molecule has 32 heavy (non-hydrogen) atoms. The molecule has 0 aliphatic carbocycles. The van der Waals surface area contributed by atoms with Gasteiger partial charge in [-0.1, -0.05) is 35.5 Å². The van der Waals surface area contributed by atoms with Gasteiger partial charge >= 0.3 is 0 Å². The molecule has 2 aromatic heterocycles. The summed E-state index contributed by atoms with van der Waals surface area (Å²) in [4.78, 5) is 32.4. The Hall–Kier alpha value is -3.92. The highest BCUT2D eigenvalue weighted by Crippen LogP contribution is 2.23. The molecular weight excluding hydrogens is 408 g/mol. The summed E-state index contributed by atoms with van der Waals surface area (Å²) in [5.41, 5.74) is 3.39. The number of allylic oxidation sites excluding steroid dienone is 1. The fraction of sp³-hybridized carbons (Fsp3) is 0.273. The Morgan fingerprint density at radius 2 is 2.12 bits per heavy atom. The van der Waals surface area contributed by atoms with E-state index < -0.39 is 0 Å². The number of carbonyl (C=O) groups is 1. The van der Waals surface area contributed by atoms with E-state index in [1.165, 1.54) is 17.6 Å². The number of carbonyl (C=O) groups excluding carboxylic acids is 1. The van der Waals surface area contributed by atoms with E-state index in [-0.39, 0.29) is 6.04 Å². The van der Waals surface area contributed by atoms with Crippen molar-refractivity contribution in [3.8, 4) is 11.4 Å². The Labute approximate surface area is 185 Å². The van der Waals surface area contributed by atoms with Crippen LogP contribution in [-0.4, -0.2) is 69.0 Å². The van der Waals surface area contributed by atoms with Crippen LogP contribution in [0.15, 0.2) is 64.8 Å². The number of amides is 1. The third-order valence-corrected chi connectivity index (χ3v) is 5.20. The van der Waals surface area contributed by atoms with Gasteiger partial charge in [0.25, 0.3) is 0 Å². The van der Waals surface area contributed by atoms with E-state index >= 15 is 0 Å². The number of guanidine groups is 1. The molecule has 1 aromatic carbocycles. The first kappa shape index (κ1) is 21.3. The molecule has 0 spiro atoms. The molecule has 164 valence electrons. The van der Waals surface area contributed by atoms with Gasteiger partial charge in [0.15, 0.2) is 0 Å². The first-order valence-electron chi connectivity index (χ1n) is 10.2. The maximum absolute atomic E-state index is 11.6. The zero-order valence-corrected chi connectivity index (χ0v) is 17.9. The normalized spacial score (nSPS) is 17.3. The van der Waals surface area contributed by atoms with E-state index in [1.807, 2.05) is 37.3 Å². The fourth-order valence-corrected chi connectivity index (χ4v) is 3.56. The van der Waals surface area contributed by atoms with Crippen LogP contribution in [0.25, 0.3) is 17.1 Å². The number of aromatic nitrogens is 4. The highest BCUT2D eigenvalue weighted by molar-refractivity contribution is 5.92. The van der Waals surface area contributed by atoms with Gasteiger partial charge in [0, 0.05) is 44.5 Å². The van der Waals surface area contributed by atoms with Crippen LogP contribution in [0, 0.1) is 0 Å². The van der Waals surface area contributed by atoms with Gasteiger partial charge < -0.3 is 14.7 Å². The average Bonchev–Trinajstić information content (AvgIpc) is 3.40. The minimum absolute atomic E-state index is 0.0708. The lowest BCUT2D eigenvalue weighted by molar-refractivity contribution is -0.114. The molecule has 0 saturated carbocycles. The molecule has 3 heterocycles. The Morgan fingerprint density at radius 3 is 2.78 bits per heavy atom. The molecule has 1 saturated heterocycles. The largest absolute Gasteiger partial charge is 0.342 e. The number of benzene rings is 1. The van der Waals surface area contributed by atoms with Gasteiger partial charge in [0.1, 0.15) is 6.33 Å². The van der Waals surface area contributed by atoms with Crippen molar-refractivity contribution in [2.24, 2.45) is 4.99 Å². The monoisotopic (exact) mass is 432 g/mol. The summed E-state index contributed by atoms with van der Waals surface area (Å²) >= 11 is 0. The molecule has 1 amide bonds. The van der Waals surface area contributed by atoms with Crippen molar-refractivity contribution in [3.63, 3.8) is 0 Å². The summed E-state index contributed by atoms with van der Waals surface area (Å²) in [5.74, 6) is 1.13. The predicted octanol–water partition coefficient (Wildman–Crippen LogP) is 1.98. The number of piperazine rings is 1. The molecule has 10 nitrogen and oxygen atoms in total. The van der Waals surface area contributed by atoms with Crippen LogP contribution in [0.3, 0.4) is 0 Å². The van der Waals surface area contributed by atoms with Gasteiger partial charge in [-0.25, -0.2) is 15.0 Å². The van der Waals surface area contributed by atoms with Crippen LogP contribution in [-0.2, 0) is 4.79 Å². The van der Waals surface area contributed by atoms with Crippen molar-refractivity contribution in [3.05, 3.63) is 66.6 Å². The third kappa shape index (κ3) is 4.70. The zero-order chi connectivity index (χ0) is 22.3. The number of nitrogens with one attached hydrogen (secondary N) is 1. The lowest BCUT2D eigenvalue weighted by Gasteiger charge is -2.37. The van der Waals surface area contributed by atoms with Gasteiger partial charge in [0.05, 0.1) is 11.4 Å². The number of hydrogen-bond acceptors (Lipinski definition) is 8. The van der Waals surface area contributed by atoms with E-state index in [1.54, 1.807) is 19.3 Å². The molecule has 10 heteroatoms. The van der Waals surface area contributed by atoms with E-state index in [4.69, 9.17) is 9.52 Å². The molecule has 1 fully saturated rings. The summed E-state index contributed by atoms with van der Waals surface area (Å²) in [5, 5.41) is 7.42. The van der Waals surface area contributed by atoms with Crippen molar-refractivity contribution >= 4 is 18.1 Å².